The molecule has 0 bridgehead atoms. The van der Waals surface area contributed by atoms with Crippen molar-refractivity contribution in [3.8, 4) is 23.0 Å². The summed E-state index contributed by atoms with van der Waals surface area (Å²) in [7, 11) is 6.42. The van der Waals surface area contributed by atoms with Crippen LogP contribution in [0.4, 0.5) is 0 Å². The standard InChI is InChI=1S/C51H48N2O10/c1-57-40-23-15-36(16-24-40)50(34-11-7-5-8-12-34,37-17-25-41(58-2)26-18-37)61-33-44-47(46(55)48(62-44)53-32-31-45(54)52-49(53)56)63-51(35-13-9-6-10-14-35,38-19-27-42(59-3)28-20-38)39-21-29-43(60-4)30-22-39/h5-32,44,46-48,55H,33H2,1-4H3,(H,52,54,56)/t44-,46-,47-,48-/m1/s1. The molecule has 1 saturated heterocycles. The van der Waals surface area contributed by atoms with E-state index in [4.69, 9.17) is 33.2 Å². The predicted octanol–water partition coefficient (Wildman–Crippen LogP) is 7.22. The number of ether oxygens (including phenoxy) is 7. The van der Waals surface area contributed by atoms with Gasteiger partial charge in [-0.05, 0) is 81.9 Å². The largest absolute Gasteiger partial charge is 0.497 e. The van der Waals surface area contributed by atoms with E-state index >= 15 is 0 Å². The van der Waals surface area contributed by atoms with Crippen LogP contribution in [0.5, 0.6) is 23.0 Å². The predicted molar refractivity (Wildman–Crippen MR) is 237 cm³/mol. The van der Waals surface area contributed by atoms with E-state index in [0.717, 1.165) is 26.8 Å². The van der Waals surface area contributed by atoms with Crippen molar-refractivity contribution >= 4 is 0 Å². The van der Waals surface area contributed by atoms with Crippen LogP contribution >= 0.6 is 0 Å². The van der Waals surface area contributed by atoms with Gasteiger partial charge in [-0.2, -0.15) is 0 Å². The van der Waals surface area contributed by atoms with Crippen molar-refractivity contribution in [2.75, 3.05) is 35.0 Å². The van der Waals surface area contributed by atoms with Gasteiger partial charge in [-0.3, -0.25) is 14.3 Å². The summed E-state index contributed by atoms with van der Waals surface area (Å²) in [6.07, 6.45) is -3.70. The molecule has 0 unspecified atom stereocenters. The molecule has 2 heterocycles. The molecular weight excluding hydrogens is 801 g/mol. The highest BCUT2D eigenvalue weighted by molar-refractivity contribution is 5.51. The van der Waals surface area contributed by atoms with Gasteiger partial charge in [0.05, 0.1) is 35.0 Å². The molecule has 4 atom stereocenters. The van der Waals surface area contributed by atoms with Gasteiger partial charge in [0.25, 0.3) is 5.56 Å². The average molecular weight is 849 g/mol. The Morgan fingerprint density at radius 2 is 0.921 bits per heavy atom. The smallest absolute Gasteiger partial charge is 0.330 e. The lowest BCUT2D eigenvalue weighted by Crippen LogP contribution is -2.47. The van der Waals surface area contributed by atoms with Gasteiger partial charge in [0.1, 0.15) is 52.5 Å². The Balaban J connectivity index is 1.32. The molecule has 0 aliphatic carbocycles. The number of aromatic nitrogens is 2. The fourth-order valence-corrected chi connectivity index (χ4v) is 8.37. The average Bonchev–Trinajstić information content (AvgIpc) is 3.64. The molecule has 1 fully saturated rings. The molecule has 7 aromatic rings. The number of aliphatic hydroxyl groups excluding tert-OH is 1. The van der Waals surface area contributed by atoms with E-state index in [2.05, 4.69) is 4.98 Å². The second-order valence-electron chi connectivity index (χ2n) is 15.0. The summed E-state index contributed by atoms with van der Waals surface area (Å²) < 4.78 is 45.0. The maximum atomic E-state index is 13.4. The normalized spacial score (nSPS) is 17.5. The van der Waals surface area contributed by atoms with Crippen molar-refractivity contribution in [3.63, 3.8) is 0 Å². The zero-order valence-corrected chi connectivity index (χ0v) is 35.3. The van der Waals surface area contributed by atoms with E-state index in [9.17, 15) is 14.7 Å². The Bertz CT molecular complexity index is 2590. The summed E-state index contributed by atoms with van der Waals surface area (Å²) in [5, 5.41) is 12.6. The molecule has 2 N–H and O–H groups in total. The van der Waals surface area contributed by atoms with Gasteiger partial charge < -0.3 is 38.3 Å². The molecule has 8 rings (SSSR count). The Kier molecular flexibility index (Phi) is 12.6. The third kappa shape index (κ3) is 8.25. The zero-order chi connectivity index (χ0) is 44.0. The van der Waals surface area contributed by atoms with Crippen molar-refractivity contribution in [2.24, 2.45) is 0 Å². The number of benzene rings is 6. The lowest BCUT2D eigenvalue weighted by molar-refractivity contribution is -0.131. The SMILES string of the molecule is COc1ccc(C(OC[C@H]2O[C@@H](n3ccc(=O)[nH]c3=O)[C@H](O)[C@@H]2OC(c2ccccc2)(c2ccc(OC)cc2)c2ccc(OC)cc2)(c2ccccc2)c2ccc(OC)cc2)cc1. The van der Waals surface area contributed by atoms with Gasteiger partial charge in [-0.15, -0.1) is 0 Å². The number of hydrogen-bond acceptors (Lipinski definition) is 10. The first kappa shape index (κ1) is 42.7. The fraction of sp³-hybridized carbons (Fsp3) is 0.216. The molecule has 6 aromatic carbocycles. The zero-order valence-electron chi connectivity index (χ0n) is 35.3. The number of methoxy groups -OCH3 is 4. The molecule has 0 saturated carbocycles. The minimum absolute atomic E-state index is 0.167. The molecule has 1 aliphatic heterocycles. The molecule has 12 heteroatoms. The number of hydrogen-bond donors (Lipinski definition) is 2. The summed E-state index contributed by atoms with van der Waals surface area (Å²) >= 11 is 0. The van der Waals surface area contributed by atoms with Gasteiger partial charge in [0.15, 0.2) is 6.23 Å². The minimum atomic E-state index is -1.48. The van der Waals surface area contributed by atoms with Crippen LogP contribution in [0.15, 0.2) is 180 Å². The highest BCUT2D eigenvalue weighted by Crippen LogP contribution is 2.47. The van der Waals surface area contributed by atoms with Crippen LogP contribution in [0.2, 0.25) is 0 Å². The number of aliphatic hydroxyl groups is 1. The molecule has 0 amide bonds. The quantitative estimate of drug-likeness (QED) is 0.0960. The van der Waals surface area contributed by atoms with Crippen LogP contribution in [-0.4, -0.2) is 68.0 Å². The van der Waals surface area contributed by atoms with Crippen LogP contribution in [0, 0.1) is 0 Å². The van der Waals surface area contributed by atoms with Crippen LogP contribution in [-0.2, 0) is 25.4 Å². The molecular formula is C51H48N2O10. The molecule has 322 valence electrons. The minimum Gasteiger partial charge on any atom is -0.497 e. The summed E-state index contributed by atoms with van der Waals surface area (Å²) in [6, 6.07) is 51.0. The second kappa shape index (κ2) is 18.6. The number of nitrogens with one attached hydrogen (secondary N) is 1. The van der Waals surface area contributed by atoms with Crippen molar-refractivity contribution in [1.29, 1.82) is 0 Å². The summed E-state index contributed by atoms with van der Waals surface area (Å²) in [6.45, 7) is -0.167. The van der Waals surface area contributed by atoms with E-state index < -0.39 is 47.0 Å². The third-order valence-corrected chi connectivity index (χ3v) is 11.6. The van der Waals surface area contributed by atoms with E-state index in [1.54, 1.807) is 28.4 Å². The molecule has 1 aromatic heterocycles. The summed E-state index contributed by atoms with van der Waals surface area (Å²) in [4.78, 5) is 28.0. The lowest BCUT2D eigenvalue weighted by atomic mass is 9.79. The highest BCUT2D eigenvalue weighted by Gasteiger charge is 2.52. The Hall–Kier alpha value is -6.96. The molecule has 63 heavy (non-hydrogen) atoms. The monoisotopic (exact) mass is 848 g/mol. The topological polar surface area (TPSA) is 140 Å². The van der Waals surface area contributed by atoms with Crippen LogP contribution in [0.25, 0.3) is 0 Å². The molecule has 0 radical (unpaired) electrons. The van der Waals surface area contributed by atoms with Gasteiger partial charge in [0.2, 0.25) is 0 Å². The molecule has 0 spiro atoms. The van der Waals surface area contributed by atoms with E-state index in [1.165, 1.54) is 12.3 Å². The van der Waals surface area contributed by atoms with Crippen molar-refractivity contribution in [3.05, 3.63) is 224 Å². The number of nitrogens with zero attached hydrogens (tertiary/aromatic N) is 1. The Morgan fingerprint density at radius 3 is 1.32 bits per heavy atom. The van der Waals surface area contributed by atoms with Gasteiger partial charge in [-0.1, -0.05) is 109 Å². The lowest BCUT2D eigenvalue weighted by Gasteiger charge is -2.41. The number of rotatable bonds is 16. The Labute approximate surface area is 364 Å². The van der Waals surface area contributed by atoms with Crippen LogP contribution in [0.1, 0.15) is 39.6 Å². The summed E-state index contributed by atoms with van der Waals surface area (Å²) in [5.74, 6) is 2.60. The van der Waals surface area contributed by atoms with E-state index in [-0.39, 0.29) is 6.61 Å². The first-order valence-electron chi connectivity index (χ1n) is 20.4. The fourth-order valence-electron chi connectivity index (χ4n) is 8.37. The van der Waals surface area contributed by atoms with Crippen molar-refractivity contribution < 1.29 is 38.3 Å². The number of aromatic amines is 1. The summed E-state index contributed by atoms with van der Waals surface area (Å²) in [5.41, 5.74) is 0.503. The third-order valence-electron chi connectivity index (χ3n) is 11.6. The van der Waals surface area contributed by atoms with E-state index in [0.29, 0.717) is 34.1 Å². The maximum absolute atomic E-state index is 13.4. The number of H-pyrrole nitrogens is 1. The van der Waals surface area contributed by atoms with Crippen LogP contribution < -0.4 is 30.2 Å². The van der Waals surface area contributed by atoms with Crippen LogP contribution in [0.3, 0.4) is 0 Å². The van der Waals surface area contributed by atoms with Gasteiger partial charge in [0, 0.05) is 12.3 Å². The second-order valence-corrected chi connectivity index (χ2v) is 15.0. The molecule has 1 aliphatic rings. The maximum Gasteiger partial charge on any atom is 0.330 e. The van der Waals surface area contributed by atoms with E-state index in [1.807, 2.05) is 158 Å². The first-order valence-corrected chi connectivity index (χ1v) is 20.4. The van der Waals surface area contributed by atoms with Crippen molar-refractivity contribution in [2.45, 2.75) is 35.7 Å². The van der Waals surface area contributed by atoms with Crippen molar-refractivity contribution in [1.82, 2.24) is 9.55 Å². The van der Waals surface area contributed by atoms with Gasteiger partial charge >= 0.3 is 5.69 Å². The first-order chi connectivity index (χ1) is 30.7. The Morgan fingerprint density at radius 1 is 0.540 bits per heavy atom. The molecule has 12 nitrogen and oxygen atoms in total. The van der Waals surface area contributed by atoms with Gasteiger partial charge in [-0.25, -0.2) is 4.79 Å². The highest BCUT2D eigenvalue weighted by atomic mass is 16.6.